The summed E-state index contributed by atoms with van der Waals surface area (Å²) in [5.41, 5.74) is 3.79. The van der Waals surface area contributed by atoms with Crippen LogP contribution in [0.4, 0.5) is 5.69 Å². The van der Waals surface area contributed by atoms with Gasteiger partial charge in [-0.1, -0.05) is 29.8 Å². The largest absolute Gasteiger partial charge is 0.495 e. The third kappa shape index (κ3) is 4.13. The second-order valence-electron chi connectivity index (χ2n) is 5.60. The number of hydrogen-bond donors (Lipinski definition) is 1. The third-order valence-electron chi connectivity index (χ3n) is 3.60. The van der Waals surface area contributed by atoms with E-state index < -0.39 is 11.9 Å². The van der Waals surface area contributed by atoms with Crippen LogP contribution in [0.15, 0.2) is 36.4 Å². The second kappa shape index (κ2) is 7.64. The SMILES string of the molecule is COc1ccccc1NC(=O)COC(=O)c1c(C)cc(C)cc1C. The van der Waals surface area contributed by atoms with E-state index in [1.54, 1.807) is 24.3 Å². The Morgan fingerprint density at radius 2 is 1.67 bits per heavy atom. The third-order valence-corrected chi connectivity index (χ3v) is 3.60. The van der Waals surface area contributed by atoms with Gasteiger partial charge in [0, 0.05) is 0 Å². The lowest BCUT2D eigenvalue weighted by Gasteiger charge is -2.12. The molecule has 0 aromatic heterocycles. The molecule has 0 unspecified atom stereocenters. The molecule has 0 saturated heterocycles. The first-order valence-electron chi connectivity index (χ1n) is 7.60. The summed E-state index contributed by atoms with van der Waals surface area (Å²) in [4.78, 5) is 24.2. The Balaban J connectivity index is 2.00. The Morgan fingerprint density at radius 1 is 1.04 bits per heavy atom. The highest BCUT2D eigenvalue weighted by Gasteiger charge is 2.16. The first-order chi connectivity index (χ1) is 11.4. The number of rotatable bonds is 5. The fraction of sp³-hybridized carbons (Fsp3) is 0.263. The van der Waals surface area contributed by atoms with Gasteiger partial charge in [-0.25, -0.2) is 4.79 Å². The van der Waals surface area contributed by atoms with E-state index in [1.165, 1.54) is 7.11 Å². The molecule has 2 rings (SSSR count). The average Bonchev–Trinajstić information content (AvgIpc) is 2.52. The number of methoxy groups -OCH3 is 1. The molecule has 5 heteroatoms. The molecule has 0 aliphatic heterocycles. The lowest BCUT2D eigenvalue weighted by molar-refractivity contribution is -0.119. The minimum Gasteiger partial charge on any atom is -0.495 e. The molecule has 0 spiro atoms. The van der Waals surface area contributed by atoms with Crippen LogP contribution in [0.5, 0.6) is 5.75 Å². The van der Waals surface area contributed by atoms with Crippen LogP contribution in [0.3, 0.4) is 0 Å². The molecule has 24 heavy (non-hydrogen) atoms. The number of para-hydroxylation sites is 2. The number of nitrogens with one attached hydrogen (secondary N) is 1. The number of carbonyl (C=O) groups is 2. The van der Waals surface area contributed by atoms with Crippen molar-refractivity contribution in [2.24, 2.45) is 0 Å². The van der Waals surface area contributed by atoms with E-state index in [2.05, 4.69) is 5.32 Å². The quantitative estimate of drug-likeness (QED) is 0.855. The van der Waals surface area contributed by atoms with Crippen LogP contribution in [0.2, 0.25) is 0 Å². The van der Waals surface area contributed by atoms with E-state index in [1.807, 2.05) is 32.9 Å². The van der Waals surface area contributed by atoms with Crippen LogP contribution in [0.25, 0.3) is 0 Å². The number of amides is 1. The minimum absolute atomic E-state index is 0.358. The van der Waals surface area contributed by atoms with E-state index in [4.69, 9.17) is 9.47 Å². The number of esters is 1. The second-order valence-corrected chi connectivity index (χ2v) is 5.60. The maximum absolute atomic E-state index is 12.3. The summed E-state index contributed by atoms with van der Waals surface area (Å²) in [6.45, 7) is 5.32. The van der Waals surface area contributed by atoms with Crippen molar-refractivity contribution in [3.8, 4) is 5.75 Å². The van der Waals surface area contributed by atoms with E-state index in [0.717, 1.165) is 16.7 Å². The molecule has 0 atom stereocenters. The molecule has 0 fully saturated rings. The zero-order valence-electron chi connectivity index (χ0n) is 14.3. The van der Waals surface area contributed by atoms with Crippen molar-refractivity contribution < 1.29 is 19.1 Å². The maximum atomic E-state index is 12.3. The van der Waals surface area contributed by atoms with Gasteiger partial charge in [-0.3, -0.25) is 4.79 Å². The summed E-state index contributed by atoms with van der Waals surface area (Å²) in [7, 11) is 1.52. The number of aryl methyl sites for hydroxylation is 3. The predicted octanol–water partition coefficient (Wildman–Crippen LogP) is 3.42. The molecule has 5 nitrogen and oxygen atoms in total. The van der Waals surface area contributed by atoms with Gasteiger partial charge in [-0.15, -0.1) is 0 Å². The van der Waals surface area contributed by atoms with Crippen molar-refractivity contribution in [3.05, 3.63) is 58.7 Å². The number of anilines is 1. The zero-order chi connectivity index (χ0) is 17.7. The highest BCUT2D eigenvalue weighted by Crippen LogP contribution is 2.23. The molecule has 126 valence electrons. The lowest BCUT2D eigenvalue weighted by Crippen LogP contribution is -2.22. The van der Waals surface area contributed by atoms with Crippen molar-refractivity contribution in [2.75, 3.05) is 19.0 Å². The van der Waals surface area contributed by atoms with Crippen molar-refractivity contribution in [1.82, 2.24) is 0 Å². The fourth-order valence-corrected chi connectivity index (χ4v) is 2.64. The van der Waals surface area contributed by atoms with E-state index in [-0.39, 0.29) is 6.61 Å². The number of benzene rings is 2. The van der Waals surface area contributed by atoms with Crippen molar-refractivity contribution in [3.63, 3.8) is 0 Å². The van der Waals surface area contributed by atoms with Gasteiger partial charge in [0.05, 0.1) is 18.4 Å². The zero-order valence-corrected chi connectivity index (χ0v) is 14.3. The molecular formula is C19H21NO4. The lowest BCUT2D eigenvalue weighted by atomic mass is 10.00. The smallest absolute Gasteiger partial charge is 0.339 e. The maximum Gasteiger partial charge on any atom is 0.339 e. The predicted molar refractivity (Wildman–Crippen MR) is 92.6 cm³/mol. The molecule has 0 aliphatic rings. The highest BCUT2D eigenvalue weighted by molar-refractivity contribution is 5.97. The molecule has 0 radical (unpaired) electrons. The van der Waals surface area contributed by atoms with Gasteiger partial charge in [0.15, 0.2) is 6.61 Å². The number of ether oxygens (including phenoxy) is 2. The monoisotopic (exact) mass is 327 g/mol. The van der Waals surface area contributed by atoms with Gasteiger partial charge in [0.25, 0.3) is 5.91 Å². The molecule has 0 bridgehead atoms. The first-order valence-corrected chi connectivity index (χ1v) is 7.60. The summed E-state index contributed by atoms with van der Waals surface area (Å²) < 4.78 is 10.3. The summed E-state index contributed by atoms with van der Waals surface area (Å²) in [6, 6.07) is 10.9. The van der Waals surface area contributed by atoms with E-state index >= 15 is 0 Å². The van der Waals surface area contributed by atoms with Gasteiger partial charge in [0.2, 0.25) is 0 Å². The van der Waals surface area contributed by atoms with E-state index in [9.17, 15) is 9.59 Å². The Hall–Kier alpha value is -2.82. The molecule has 0 heterocycles. The summed E-state index contributed by atoms with van der Waals surface area (Å²) in [5, 5.41) is 2.67. The molecular weight excluding hydrogens is 306 g/mol. The average molecular weight is 327 g/mol. The Bertz CT molecular complexity index is 745. The van der Waals surface area contributed by atoms with Crippen LogP contribution < -0.4 is 10.1 Å². The number of carbonyl (C=O) groups excluding carboxylic acids is 2. The Labute approximate surface area is 141 Å². The van der Waals surface area contributed by atoms with Gasteiger partial charge in [-0.05, 0) is 44.0 Å². The normalized spacial score (nSPS) is 10.2. The van der Waals surface area contributed by atoms with Gasteiger partial charge in [-0.2, -0.15) is 0 Å². The minimum atomic E-state index is -0.500. The molecule has 0 saturated carbocycles. The summed E-state index contributed by atoms with van der Waals surface area (Å²) in [6.07, 6.45) is 0. The van der Waals surface area contributed by atoms with Crippen molar-refractivity contribution in [2.45, 2.75) is 20.8 Å². The summed E-state index contributed by atoms with van der Waals surface area (Å²) in [5.74, 6) is -0.377. The van der Waals surface area contributed by atoms with Gasteiger partial charge < -0.3 is 14.8 Å². The molecule has 1 N–H and O–H groups in total. The molecule has 1 amide bonds. The van der Waals surface area contributed by atoms with Crippen LogP contribution >= 0.6 is 0 Å². The van der Waals surface area contributed by atoms with Crippen LogP contribution in [0, 0.1) is 20.8 Å². The molecule has 0 aliphatic carbocycles. The van der Waals surface area contributed by atoms with Crippen LogP contribution in [-0.2, 0) is 9.53 Å². The fourth-order valence-electron chi connectivity index (χ4n) is 2.64. The topological polar surface area (TPSA) is 64.6 Å². The van der Waals surface area contributed by atoms with Crippen LogP contribution in [-0.4, -0.2) is 25.6 Å². The molecule has 2 aromatic rings. The van der Waals surface area contributed by atoms with Crippen molar-refractivity contribution >= 4 is 17.6 Å². The first kappa shape index (κ1) is 17.5. The number of hydrogen-bond acceptors (Lipinski definition) is 4. The summed E-state index contributed by atoms with van der Waals surface area (Å²) >= 11 is 0. The Kier molecular flexibility index (Phi) is 5.58. The standard InChI is InChI=1S/C19H21NO4/c1-12-9-13(2)18(14(3)10-12)19(22)24-11-17(21)20-15-7-5-6-8-16(15)23-4/h5-10H,11H2,1-4H3,(H,20,21). The molecule has 2 aromatic carbocycles. The Morgan fingerprint density at radius 3 is 2.29 bits per heavy atom. The highest BCUT2D eigenvalue weighted by atomic mass is 16.5. The van der Waals surface area contributed by atoms with E-state index in [0.29, 0.717) is 17.0 Å². The van der Waals surface area contributed by atoms with Crippen LogP contribution in [0.1, 0.15) is 27.0 Å². The van der Waals surface area contributed by atoms with Gasteiger partial charge >= 0.3 is 5.97 Å². The van der Waals surface area contributed by atoms with Gasteiger partial charge in [0.1, 0.15) is 5.75 Å². The van der Waals surface area contributed by atoms with Crippen molar-refractivity contribution in [1.29, 1.82) is 0 Å².